The van der Waals surface area contributed by atoms with E-state index in [-0.39, 0.29) is 0 Å². The molecule has 3 nitrogen and oxygen atoms in total. The Balaban J connectivity index is 1.56. The summed E-state index contributed by atoms with van der Waals surface area (Å²) >= 11 is 0. The van der Waals surface area contributed by atoms with Gasteiger partial charge >= 0.3 is 0 Å². The molecule has 3 heteroatoms. The van der Waals surface area contributed by atoms with Crippen LogP contribution in [0.4, 0.5) is 5.69 Å². The van der Waals surface area contributed by atoms with Crippen LogP contribution >= 0.6 is 0 Å². The van der Waals surface area contributed by atoms with Gasteiger partial charge in [0.2, 0.25) is 0 Å². The second-order valence-electron chi connectivity index (χ2n) is 8.83. The quantitative estimate of drug-likeness (QED) is 0.611. The van der Waals surface area contributed by atoms with Crippen LogP contribution in [0, 0.1) is 5.41 Å². The van der Waals surface area contributed by atoms with Crippen LogP contribution in [0.2, 0.25) is 0 Å². The van der Waals surface area contributed by atoms with E-state index in [4.69, 9.17) is 4.74 Å². The summed E-state index contributed by atoms with van der Waals surface area (Å²) in [5.74, 6) is 0.909. The van der Waals surface area contributed by atoms with E-state index in [1.54, 1.807) is 7.11 Å². The van der Waals surface area contributed by atoms with Crippen molar-refractivity contribution in [1.82, 2.24) is 4.90 Å². The van der Waals surface area contributed by atoms with Crippen molar-refractivity contribution in [2.45, 2.75) is 46.6 Å². The van der Waals surface area contributed by atoms with Crippen LogP contribution in [-0.4, -0.2) is 38.2 Å². The van der Waals surface area contributed by atoms with Gasteiger partial charge < -0.3 is 14.5 Å². The van der Waals surface area contributed by atoms with Gasteiger partial charge in [0.15, 0.2) is 0 Å². The number of hydrogen-bond acceptors (Lipinski definition) is 3. The van der Waals surface area contributed by atoms with Gasteiger partial charge in [0, 0.05) is 37.9 Å². The Hall–Kier alpha value is -2.00. The molecule has 2 aromatic rings. The number of nitrogens with zero attached hydrogens (tertiary/aromatic N) is 2. The Bertz CT molecular complexity index is 738. The van der Waals surface area contributed by atoms with Gasteiger partial charge in [-0.05, 0) is 61.4 Å². The lowest BCUT2D eigenvalue weighted by Crippen LogP contribution is -2.40. The molecule has 1 aliphatic rings. The van der Waals surface area contributed by atoms with Gasteiger partial charge in [0.25, 0.3) is 0 Å². The zero-order chi connectivity index (χ0) is 20.0. The Morgan fingerprint density at radius 3 is 2.50 bits per heavy atom. The molecule has 0 N–H and O–H groups in total. The average molecular weight is 381 g/mol. The number of hydrogen-bond donors (Lipinski definition) is 0. The van der Waals surface area contributed by atoms with E-state index in [1.165, 1.54) is 49.3 Å². The Kier molecular flexibility index (Phi) is 7.01. The molecule has 1 heterocycles. The molecule has 1 fully saturated rings. The summed E-state index contributed by atoms with van der Waals surface area (Å²) in [6, 6.07) is 17.5. The highest BCUT2D eigenvalue weighted by molar-refractivity contribution is 5.51. The minimum absolute atomic E-state index is 0.478. The Morgan fingerprint density at radius 2 is 1.82 bits per heavy atom. The largest absolute Gasteiger partial charge is 0.497 e. The first-order valence-corrected chi connectivity index (χ1v) is 10.7. The third kappa shape index (κ3) is 5.75. The minimum atomic E-state index is 0.478. The maximum Gasteiger partial charge on any atom is 0.120 e. The van der Waals surface area contributed by atoms with Crippen molar-refractivity contribution in [2.24, 2.45) is 5.41 Å². The van der Waals surface area contributed by atoms with Crippen molar-refractivity contribution in [2.75, 3.05) is 38.2 Å². The first kappa shape index (κ1) is 20.7. The minimum Gasteiger partial charge on any atom is -0.497 e. The highest BCUT2D eigenvalue weighted by Crippen LogP contribution is 2.28. The molecule has 0 spiro atoms. The van der Waals surface area contributed by atoms with Crippen LogP contribution in [-0.2, 0) is 13.0 Å². The molecule has 152 valence electrons. The molecule has 0 saturated carbocycles. The summed E-state index contributed by atoms with van der Waals surface area (Å²) in [5, 5.41) is 0. The molecule has 0 amide bonds. The van der Waals surface area contributed by atoms with E-state index in [9.17, 15) is 0 Å². The predicted molar refractivity (Wildman–Crippen MR) is 119 cm³/mol. The van der Waals surface area contributed by atoms with Crippen molar-refractivity contribution >= 4 is 5.69 Å². The molecule has 28 heavy (non-hydrogen) atoms. The molecule has 0 aliphatic carbocycles. The fourth-order valence-electron chi connectivity index (χ4n) is 4.25. The topological polar surface area (TPSA) is 15.7 Å². The lowest BCUT2D eigenvalue weighted by molar-refractivity contribution is 0.119. The Morgan fingerprint density at radius 1 is 1.07 bits per heavy atom. The first-order valence-electron chi connectivity index (χ1n) is 10.7. The normalized spacial score (nSPS) is 16.7. The van der Waals surface area contributed by atoms with Crippen LogP contribution in [0.1, 0.15) is 44.7 Å². The number of rotatable bonds is 8. The van der Waals surface area contributed by atoms with Crippen LogP contribution in [0.5, 0.6) is 5.75 Å². The van der Waals surface area contributed by atoms with Gasteiger partial charge in [0.05, 0.1) is 7.11 Å². The average Bonchev–Trinajstić information content (AvgIpc) is 2.70. The van der Waals surface area contributed by atoms with Gasteiger partial charge in [0.1, 0.15) is 5.75 Å². The van der Waals surface area contributed by atoms with E-state index in [0.29, 0.717) is 5.41 Å². The van der Waals surface area contributed by atoms with Crippen molar-refractivity contribution < 1.29 is 4.74 Å². The monoisotopic (exact) mass is 380 g/mol. The fourth-order valence-corrected chi connectivity index (χ4v) is 4.25. The maximum absolute atomic E-state index is 5.37. The Labute approximate surface area is 171 Å². The van der Waals surface area contributed by atoms with Crippen molar-refractivity contribution in [1.29, 1.82) is 0 Å². The van der Waals surface area contributed by atoms with Crippen molar-refractivity contribution in [3.8, 4) is 5.75 Å². The predicted octanol–water partition coefficient (Wildman–Crippen LogP) is 5.39. The van der Waals surface area contributed by atoms with E-state index < -0.39 is 0 Å². The van der Waals surface area contributed by atoms with Crippen LogP contribution in [0.15, 0.2) is 48.5 Å². The lowest BCUT2D eigenvalue weighted by Gasteiger charge is -2.38. The third-order valence-electron chi connectivity index (χ3n) is 5.89. The first-order chi connectivity index (χ1) is 13.5. The zero-order valence-electron chi connectivity index (χ0n) is 18.1. The molecule has 1 saturated heterocycles. The molecule has 0 bridgehead atoms. The fraction of sp³-hybridized carbons (Fsp3) is 0.520. The van der Waals surface area contributed by atoms with Crippen molar-refractivity contribution in [3.63, 3.8) is 0 Å². The van der Waals surface area contributed by atoms with Gasteiger partial charge in [-0.15, -0.1) is 0 Å². The highest BCUT2D eigenvalue weighted by atomic mass is 16.5. The molecule has 0 unspecified atom stereocenters. The third-order valence-corrected chi connectivity index (χ3v) is 5.89. The van der Waals surface area contributed by atoms with E-state index in [0.717, 1.165) is 25.3 Å². The summed E-state index contributed by atoms with van der Waals surface area (Å²) in [4.78, 5) is 5.02. The lowest BCUT2D eigenvalue weighted by atomic mass is 9.84. The number of methoxy groups -OCH3 is 1. The second kappa shape index (κ2) is 9.47. The number of likely N-dealkylation sites (tertiary alicyclic amines) is 1. The van der Waals surface area contributed by atoms with Crippen LogP contribution < -0.4 is 9.64 Å². The summed E-state index contributed by atoms with van der Waals surface area (Å²) in [7, 11) is 1.72. The standard InChI is InChI=1S/C25H36N2O/c1-5-27(23-8-6-9-24(18-23)28-4)19-22-12-10-21(11-13-22)14-17-26-16-7-15-25(2,3)20-26/h6,8-13,18H,5,7,14-17,19-20H2,1-4H3. The molecule has 1 aliphatic heterocycles. The summed E-state index contributed by atoms with van der Waals surface area (Å²) < 4.78 is 5.37. The second-order valence-corrected chi connectivity index (χ2v) is 8.83. The van der Waals surface area contributed by atoms with Crippen molar-refractivity contribution in [3.05, 3.63) is 59.7 Å². The molecule has 0 radical (unpaired) electrons. The summed E-state index contributed by atoms with van der Waals surface area (Å²) in [5.41, 5.74) is 4.48. The van der Waals surface area contributed by atoms with E-state index >= 15 is 0 Å². The van der Waals surface area contributed by atoms with E-state index in [2.05, 4.69) is 73.0 Å². The summed E-state index contributed by atoms with van der Waals surface area (Å²) in [6.07, 6.45) is 3.84. The number of anilines is 1. The molecule has 0 atom stereocenters. The van der Waals surface area contributed by atoms with Crippen LogP contribution in [0.25, 0.3) is 0 Å². The molecular formula is C25H36N2O. The zero-order valence-corrected chi connectivity index (χ0v) is 18.1. The summed E-state index contributed by atoms with van der Waals surface area (Å²) in [6.45, 7) is 12.6. The molecule has 3 rings (SSSR count). The molecule has 0 aromatic heterocycles. The highest BCUT2D eigenvalue weighted by Gasteiger charge is 2.25. The maximum atomic E-state index is 5.37. The smallest absolute Gasteiger partial charge is 0.120 e. The van der Waals surface area contributed by atoms with Gasteiger partial charge in [-0.2, -0.15) is 0 Å². The van der Waals surface area contributed by atoms with Gasteiger partial charge in [-0.1, -0.05) is 44.2 Å². The van der Waals surface area contributed by atoms with Crippen LogP contribution in [0.3, 0.4) is 0 Å². The molecule has 2 aromatic carbocycles. The SMILES string of the molecule is CCN(Cc1ccc(CCN2CCCC(C)(C)C2)cc1)c1cccc(OC)c1. The number of benzene rings is 2. The van der Waals surface area contributed by atoms with Gasteiger partial charge in [-0.25, -0.2) is 0 Å². The van der Waals surface area contributed by atoms with Gasteiger partial charge in [-0.3, -0.25) is 0 Å². The number of ether oxygens (including phenoxy) is 1. The molecular weight excluding hydrogens is 344 g/mol. The number of piperidine rings is 1. The van der Waals surface area contributed by atoms with E-state index in [1.807, 2.05) is 6.07 Å².